The van der Waals surface area contributed by atoms with Crippen molar-refractivity contribution in [2.24, 2.45) is 10.7 Å². The minimum absolute atomic E-state index is 0.204. The van der Waals surface area contributed by atoms with Gasteiger partial charge in [-0.1, -0.05) is 13.8 Å². The van der Waals surface area contributed by atoms with Gasteiger partial charge in [0, 0.05) is 16.3 Å². The van der Waals surface area contributed by atoms with Gasteiger partial charge in [-0.2, -0.15) is 0 Å². The van der Waals surface area contributed by atoms with E-state index in [0.717, 1.165) is 24.5 Å². The summed E-state index contributed by atoms with van der Waals surface area (Å²) in [5.41, 5.74) is 7.07. The highest BCUT2D eigenvalue weighted by atomic mass is 32.2. The van der Waals surface area contributed by atoms with E-state index in [4.69, 9.17) is 5.73 Å². The summed E-state index contributed by atoms with van der Waals surface area (Å²) in [6.45, 7) is 5.27. The molecule has 0 radical (unpaired) electrons. The van der Waals surface area contributed by atoms with E-state index in [1.165, 1.54) is 15.4 Å². The second kappa shape index (κ2) is 7.10. The maximum absolute atomic E-state index is 5.78. The fourth-order valence-electron chi connectivity index (χ4n) is 2.14. The molecule has 3 N–H and O–H groups in total. The number of nitrogens with one attached hydrogen (secondary N) is 1. The summed E-state index contributed by atoms with van der Waals surface area (Å²) in [7, 11) is 0. The molecule has 19 heavy (non-hydrogen) atoms. The molecule has 1 atom stereocenters. The van der Waals surface area contributed by atoms with E-state index in [1.54, 1.807) is 0 Å². The SMILES string of the molecule is CCSc1cc(SCC)cc(C2CCNC(N)=N2)c1. The molecule has 0 aliphatic carbocycles. The summed E-state index contributed by atoms with van der Waals surface area (Å²) >= 11 is 3.77. The third-order valence-electron chi connectivity index (χ3n) is 2.93. The van der Waals surface area contributed by atoms with Gasteiger partial charge in [-0.15, -0.1) is 23.5 Å². The lowest BCUT2D eigenvalue weighted by molar-refractivity contribution is 0.599. The molecular formula is C14H21N3S2. The predicted octanol–water partition coefficient (Wildman–Crippen LogP) is 3.26. The number of thioether (sulfide) groups is 2. The van der Waals surface area contributed by atoms with Crippen LogP contribution in [-0.4, -0.2) is 24.0 Å². The Labute approximate surface area is 123 Å². The highest BCUT2D eigenvalue weighted by Gasteiger charge is 2.16. The van der Waals surface area contributed by atoms with Gasteiger partial charge in [0.2, 0.25) is 0 Å². The lowest BCUT2D eigenvalue weighted by atomic mass is 10.0. The van der Waals surface area contributed by atoms with Gasteiger partial charge in [-0.25, -0.2) is 4.99 Å². The first kappa shape index (κ1) is 14.6. The first-order valence-electron chi connectivity index (χ1n) is 6.70. The zero-order valence-corrected chi connectivity index (χ0v) is 13.1. The maximum Gasteiger partial charge on any atom is 0.189 e. The molecule has 3 nitrogen and oxygen atoms in total. The Morgan fingerprint density at radius 1 is 1.21 bits per heavy atom. The van der Waals surface area contributed by atoms with Gasteiger partial charge < -0.3 is 11.1 Å². The van der Waals surface area contributed by atoms with Crippen LogP contribution in [0.1, 0.15) is 31.9 Å². The number of nitrogens with two attached hydrogens (primary N) is 1. The van der Waals surface area contributed by atoms with Crippen LogP contribution in [-0.2, 0) is 0 Å². The van der Waals surface area contributed by atoms with Gasteiger partial charge in [0.1, 0.15) is 0 Å². The van der Waals surface area contributed by atoms with Crippen molar-refractivity contribution in [2.45, 2.75) is 36.1 Å². The summed E-state index contributed by atoms with van der Waals surface area (Å²) in [6, 6.07) is 7.01. The number of nitrogens with zero attached hydrogens (tertiary/aromatic N) is 1. The number of rotatable bonds is 5. The molecule has 1 aromatic rings. The molecule has 1 heterocycles. The molecule has 1 aliphatic heterocycles. The van der Waals surface area contributed by atoms with Crippen molar-refractivity contribution in [3.63, 3.8) is 0 Å². The molecule has 0 spiro atoms. The molecule has 0 saturated heterocycles. The highest BCUT2D eigenvalue weighted by molar-refractivity contribution is 8.00. The normalized spacial score (nSPS) is 18.8. The topological polar surface area (TPSA) is 50.4 Å². The van der Waals surface area contributed by atoms with Crippen molar-refractivity contribution in [3.05, 3.63) is 23.8 Å². The van der Waals surface area contributed by atoms with E-state index in [2.05, 4.69) is 42.4 Å². The highest BCUT2D eigenvalue weighted by Crippen LogP contribution is 2.32. The van der Waals surface area contributed by atoms with Crippen LogP contribution >= 0.6 is 23.5 Å². The third-order valence-corrected chi connectivity index (χ3v) is 4.64. The molecule has 1 aliphatic rings. The fraction of sp³-hybridized carbons (Fsp3) is 0.500. The Balaban J connectivity index is 2.29. The van der Waals surface area contributed by atoms with Crippen molar-refractivity contribution in [1.82, 2.24) is 5.32 Å². The first-order valence-corrected chi connectivity index (χ1v) is 8.67. The Morgan fingerprint density at radius 2 is 1.84 bits per heavy atom. The van der Waals surface area contributed by atoms with Crippen LogP contribution in [0.3, 0.4) is 0 Å². The molecule has 0 saturated carbocycles. The van der Waals surface area contributed by atoms with Crippen LogP contribution in [0.2, 0.25) is 0 Å². The lowest BCUT2D eigenvalue weighted by Crippen LogP contribution is -2.36. The van der Waals surface area contributed by atoms with Crippen LogP contribution in [0.4, 0.5) is 0 Å². The molecule has 1 aromatic carbocycles. The Hall–Kier alpha value is -0.810. The summed E-state index contributed by atoms with van der Waals surface area (Å²) in [5, 5.41) is 3.08. The van der Waals surface area contributed by atoms with Gasteiger partial charge in [0.05, 0.1) is 6.04 Å². The molecule has 0 fully saturated rings. The molecule has 2 rings (SSSR count). The minimum Gasteiger partial charge on any atom is -0.370 e. The van der Waals surface area contributed by atoms with E-state index >= 15 is 0 Å². The van der Waals surface area contributed by atoms with Crippen LogP contribution in [0, 0.1) is 0 Å². The quantitative estimate of drug-likeness (QED) is 0.819. The van der Waals surface area contributed by atoms with Crippen molar-refractivity contribution < 1.29 is 0 Å². The van der Waals surface area contributed by atoms with E-state index in [9.17, 15) is 0 Å². The van der Waals surface area contributed by atoms with Crippen LogP contribution in [0.5, 0.6) is 0 Å². The number of aliphatic imine (C=N–C) groups is 1. The molecule has 0 bridgehead atoms. The smallest absolute Gasteiger partial charge is 0.189 e. The average Bonchev–Trinajstić information content (AvgIpc) is 2.39. The second-order valence-corrected chi connectivity index (χ2v) is 7.02. The molecule has 104 valence electrons. The monoisotopic (exact) mass is 295 g/mol. The number of hydrogen-bond donors (Lipinski definition) is 2. The molecule has 5 heteroatoms. The van der Waals surface area contributed by atoms with Crippen LogP contribution in [0.25, 0.3) is 0 Å². The van der Waals surface area contributed by atoms with Crippen molar-refractivity contribution >= 4 is 29.5 Å². The molecule has 0 amide bonds. The second-order valence-electron chi connectivity index (χ2n) is 4.35. The first-order chi connectivity index (χ1) is 9.22. The van der Waals surface area contributed by atoms with Gasteiger partial charge in [0.25, 0.3) is 0 Å². The fourth-order valence-corrected chi connectivity index (χ4v) is 3.74. The van der Waals surface area contributed by atoms with Gasteiger partial charge in [0.15, 0.2) is 5.96 Å². The molecule has 0 aromatic heterocycles. The summed E-state index contributed by atoms with van der Waals surface area (Å²) in [5.74, 6) is 2.75. The maximum atomic E-state index is 5.78. The zero-order chi connectivity index (χ0) is 13.7. The minimum atomic E-state index is 0.204. The van der Waals surface area contributed by atoms with Crippen molar-refractivity contribution in [1.29, 1.82) is 0 Å². The predicted molar refractivity (Wildman–Crippen MR) is 86.2 cm³/mol. The van der Waals surface area contributed by atoms with E-state index in [1.807, 2.05) is 23.5 Å². The van der Waals surface area contributed by atoms with Crippen LogP contribution < -0.4 is 11.1 Å². The van der Waals surface area contributed by atoms with E-state index < -0.39 is 0 Å². The average molecular weight is 295 g/mol. The molecule has 1 unspecified atom stereocenters. The van der Waals surface area contributed by atoms with Gasteiger partial charge in [-0.05, 0) is 41.7 Å². The Kier molecular flexibility index (Phi) is 5.45. The van der Waals surface area contributed by atoms with Gasteiger partial charge in [-0.3, -0.25) is 0 Å². The molecular weight excluding hydrogens is 274 g/mol. The summed E-state index contributed by atoms with van der Waals surface area (Å²) in [6.07, 6.45) is 1.01. The van der Waals surface area contributed by atoms with Crippen molar-refractivity contribution in [2.75, 3.05) is 18.1 Å². The lowest BCUT2D eigenvalue weighted by Gasteiger charge is -2.21. The van der Waals surface area contributed by atoms with E-state index in [0.29, 0.717) is 5.96 Å². The van der Waals surface area contributed by atoms with E-state index in [-0.39, 0.29) is 6.04 Å². The zero-order valence-electron chi connectivity index (χ0n) is 11.5. The Bertz CT molecular complexity index is 436. The van der Waals surface area contributed by atoms with Crippen LogP contribution in [0.15, 0.2) is 33.0 Å². The third kappa shape index (κ3) is 4.08. The number of guanidine groups is 1. The largest absolute Gasteiger partial charge is 0.370 e. The summed E-state index contributed by atoms with van der Waals surface area (Å²) in [4.78, 5) is 7.19. The van der Waals surface area contributed by atoms with Gasteiger partial charge >= 0.3 is 0 Å². The van der Waals surface area contributed by atoms with Crippen molar-refractivity contribution in [3.8, 4) is 0 Å². The Morgan fingerprint density at radius 3 is 2.37 bits per heavy atom. The summed E-state index contributed by atoms with van der Waals surface area (Å²) < 4.78 is 0. The number of hydrogen-bond acceptors (Lipinski definition) is 5. The standard InChI is InChI=1S/C14H21N3S2/c1-3-18-11-7-10(8-12(9-11)19-4-2)13-5-6-16-14(15)17-13/h7-9,13H,3-6H2,1-2H3,(H3,15,16,17). The number of benzene rings is 1.